The van der Waals surface area contributed by atoms with E-state index in [0.29, 0.717) is 11.6 Å². The van der Waals surface area contributed by atoms with Crippen LogP contribution in [0.5, 0.6) is 0 Å². The van der Waals surface area contributed by atoms with Gasteiger partial charge in [-0.3, -0.25) is 4.79 Å². The summed E-state index contributed by atoms with van der Waals surface area (Å²) < 4.78 is 0. The lowest BCUT2D eigenvalue weighted by Gasteiger charge is -2.38. The average Bonchev–Trinajstić information content (AvgIpc) is 2.77. The van der Waals surface area contributed by atoms with E-state index in [1.807, 2.05) is 6.92 Å². The number of likely N-dealkylation sites (N-methyl/N-ethyl adjacent to an activating group) is 1. The number of carbonyl (C=O) groups is 1. The van der Waals surface area contributed by atoms with Crippen LogP contribution in [0.3, 0.4) is 0 Å². The molecular weight excluding hydrogens is 210 g/mol. The highest BCUT2D eigenvalue weighted by atomic mass is 16.2. The minimum absolute atomic E-state index is 0.161. The first kappa shape index (κ1) is 12.7. The van der Waals surface area contributed by atoms with Gasteiger partial charge in [-0.15, -0.1) is 0 Å². The largest absolute Gasteiger partial charge is 0.336 e. The molecular formula is C15H25NO. The number of fused-ring (bicyclic) bond motifs is 1. The molecule has 2 heteroatoms. The van der Waals surface area contributed by atoms with Crippen molar-refractivity contribution in [1.29, 1.82) is 0 Å². The fourth-order valence-corrected chi connectivity index (χ4v) is 3.77. The van der Waals surface area contributed by atoms with Gasteiger partial charge in [0.15, 0.2) is 0 Å². The summed E-state index contributed by atoms with van der Waals surface area (Å²) in [7, 11) is 0. The maximum Gasteiger partial charge on any atom is 0.249 e. The van der Waals surface area contributed by atoms with Crippen molar-refractivity contribution in [2.45, 2.75) is 58.4 Å². The van der Waals surface area contributed by atoms with E-state index in [9.17, 15) is 4.79 Å². The molecule has 2 fully saturated rings. The summed E-state index contributed by atoms with van der Waals surface area (Å²) in [5.74, 6) is 2.01. The highest BCUT2D eigenvalue weighted by Gasteiger charge is 2.36. The zero-order valence-corrected chi connectivity index (χ0v) is 11.2. The van der Waals surface area contributed by atoms with Crippen LogP contribution in [0.1, 0.15) is 52.4 Å². The molecule has 0 aromatic heterocycles. The van der Waals surface area contributed by atoms with E-state index in [1.54, 1.807) is 0 Å². The van der Waals surface area contributed by atoms with Gasteiger partial charge in [0, 0.05) is 18.2 Å². The SMILES string of the molecule is C=C(C)C(=O)N(CC)C1CCC2CCCC2C1. The van der Waals surface area contributed by atoms with Crippen molar-refractivity contribution in [3.8, 4) is 0 Å². The maximum absolute atomic E-state index is 12.1. The van der Waals surface area contributed by atoms with Crippen LogP contribution in [0, 0.1) is 11.8 Å². The van der Waals surface area contributed by atoms with Crippen LogP contribution < -0.4 is 0 Å². The number of rotatable bonds is 3. The molecule has 2 aliphatic rings. The molecule has 1 amide bonds. The minimum Gasteiger partial charge on any atom is -0.336 e. The van der Waals surface area contributed by atoms with Crippen molar-refractivity contribution >= 4 is 5.91 Å². The zero-order valence-electron chi connectivity index (χ0n) is 11.2. The van der Waals surface area contributed by atoms with Crippen LogP contribution in [-0.4, -0.2) is 23.4 Å². The lowest BCUT2D eigenvalue weighted by molar-refractivity contribution is -0.130. The lowest BCUT2D eigenvalue weighted by atomic mass is 9.78. The van der Waals surface area contributed by atoms with Gasteiger partial charge in [0.2, 0.25) is 5.91 Å². The van der Waals surface area contributed by atoms with E-state index in [4.69, 9.17) is 0 Å². The predicted octanol–water partition coefficient (Wildman–Crippen LogP) is 3.38. The second kappa shape index (κ2) is 5.24. The summed E-state index contributed by atoms with van der Waals surface area (Å²) in [5.41, 5.74) is 0.681. The van der Waals surface area contributed by atoms with Crippen molar-refractivity contribution < 1.29 is 4.79 Å². The maximum atomic E-state index is 12.1. The second-order valence-corrected chi connectivity index (χ2v) is 5.79. The Morgan fingerprint density at radius 2 is 1.94 bits per heavy atom. The first-order valence-electron chi connectivity index (χ1n) is 7.10. The molecule has 2 nitrogen and oxygen atoms in total. The summed E-state index contributed by atoms with van der Waals surface area (Å²) in [4.78, 5) is 14.1. The Balaban J connectivity index is 2.01. The summed E-state index contributed by atoms with van der Waals surface area (Å²) >= 11 is 0. The normalized spacial score (nSPS) is 32.0. The highest BCUT2D eigenvalue weighted by molar-refractivity contribution is 5.92. The van der Waals surface area contributed by atoms with Gasteiger partial charge in [-0.2, -0.15) is 0 Å². The van der Waals surface area contributed by atoms with Crippen molar-refractivity contribution in [2.24, 2.45) is 11.8 Å². The Kier molecular flexibility index (Phi) is 3.90. The standard InChI is InChI=1S/C15H25NO/c1-4-16(15(17)11(2)3)14-9-8-12-6-5-7-13(12)10-14/h12-14H,2,4-10H2,1,3H3. The summed E-state index contributed by atoms with van der Waals surface area (Å²) in [6.07, 6.45) is 7.99. The predicted molar refractivity (Wildman–Crippen MR) is 70.7 cm³/mol. The highest BCUT2D eigenvalue weighted by Crippen LogP contribution is 2.43. The van der Waals surface area contributed by atoms with Crippen molar-refractivity contribution in [1.82, 2.24) is 4.90 Å². The number of amides is 1. The molecule has 2 aliphatic carbocycles. The summed E-state index contributed by atoms with van der Waals surface area (Å²) in [6, 6.07) is 0.476. The molecule has 0 aromatic rings. The molecule has 0 spiro atoms. The van der Waals surface area contributed by atoms with Gasteiger partial charge in [-0.25, -0.2) is 0 Å². The molecule has 0 saturated heterocycles. The Labute approximate surface area is 105 Å². The van der Waals surface area contributed by atoms with Gasteiger partial charge in [-0.1, -0.05) is 25.8 Å². The van der Waals surface area contributed by atoms with Crippen LogP contribution in [0.25, 0.3) is 0 Å². The number of nitrogens with zero attached hydrogens (tertiary/aromatic N) is 1. The third-order valence-corrected chi connectivity index (χ3v) is 4.67. The van der Waals surface area contributed by atoms with E-state index in [0.717, 1.165) is 18.4 Å². The van der Waals surface area contributed by atoms with Gasteiger partial charge in [0.1, 0.15) is 0 Å². The van der Waals surface area contributed by atoms with Crippen LogP contribution in [0.2, 0.25) is 0 Å². The van der Waals surface area contributed by atoms with E-state index in [-0.39, 0.29) is 5.91 Å². The van der Waals surface area contributed by atoms with Gasteiger partial charge in [0.05, 0.1) is 0 Å². The fraction of sp³-hybridized carbons (Fsp3) is 0.800. The van der Waals surface area contributed by atoms with Gasteiger partial charge >= 0.3 is 0 Å². The van der Waals surface area contributed by atoms with Crippen molar-refractivity contribution in [2.75, 3.05) is 6.54 Å². The zero-order chi connectivity index (χ0) is 12.4. The first-order chi connectivity index (χ1) is 8.13. The molecule has 0 heterocycles. The Morgan fingerprint density at radius 1 is 1.24 bits per heavy atom. The van der Waals surface area contributed by atoms with Gasteiger partial charge < -0.3 is 4.90 Å². The van der Waals surface area contributed by atoms with Crippen molar-refractivity contribution in [3.05, 3.63) is 12.2 Å². The molecule has 0 aliphatic heterocycles. The van der Waals surface area contributed by atoms with Crippen LogP contribution in [-0.2, 0) is 4.79 Å². The van der Waals surface area contributed by atoms with Crippen LogP contribution >= 0.6 is 0 Å². The van der Waals surface area contributed by atoms with Crippen LogP contribution in [0.15, 0.2) is 12.2 Å². The van der Waals surface area contributed by atoms with E-state index >= 15 is 0 Å². The molecule has 0 bridgehead atoms. The molecule has 2 saturated carbocycles. The monoisotopic (exact) mass is 235 g/mol. The van der Waals surface area contributed by atoms with Crippen LogP contribution in [0.4, 0.5) is 0 Å². The number of hydrogen-bond acceptors (Lipinski definition) is 1. The Bertz CT molecular complexity index is 310. The molecule has 96 valence electrons. The number of hydrogen-bond donors (Lipinski definition) is 0. The topological polar surface area (TPSA) is 20.3 Å². The third kappa shape index (κ3) is 2.56. The van der Waals surface area contributed by atoms with E-state index < -0.39 is 0 Å². The molecule has 17 heavy (non-hydrogen) atoms. The Morgan fingerprint density at radius 3 is 2.59 bits per heavy atom. The first-order valence-corrected chi connectivity index (χ1v) is 7.10. The molecule has 0 N–H and O–H groups in total. The Hall–Kier alpha value is -0.790. The van der Waals surface area contributed by atoms with E-state index in [1.165, 1.54) is 38.5 Å². The fourth-order valence-electron chi connectivity index (χ4n) is 3.77. The molecule has 0 radical (unpaired) electrons. The third-order valence-electron chi connectivity index (χ3n) is 4.67. The van der Waals surface area contributed by atoms with Gasteiger partial charge in [-0.05, 0) is 44.9 Å². The average molecular weight is 235 g/mol. The van der Waals surface area contributed by atoms with E-state index in [2.05, 4.69) is 18.4 Å². The smallest absolute Gasteiger partial charge is 0.249 e. The summed E-state index contributed by atoms with van der Waals surface area (Å²) in [5, 5.41) is 0. The molecule has 3 atom stereocenters. The minimum atomic E-state index is 0.161. The quantitative estimate of drug-likeness (QED) is 0.687. The number of carbonyl (C=O) groups excluding carboxylic acids is 1. The molecule has 0 aromatic carbocycles. The molecule has 2 rings (SSSR count). The lowest BCUT2D eigenvalue weighted by Crippen LogP contribution is -2.44. The second-order valence-electron chi connectivity index (χ2n) is 5.79. The van der Waals surface area contributed by atoms with Crippen molar-refractivity contribution in [3.63, 3.8) is 0 Å². The molecule has 3 unspecified atom stereocenters. The van der Waals surface area contributed by atoms with Gasteiger partial charge in [0.25, 0.3) is 0 Å². The summed E-state index contributed by atoms with van der Waals surface area (Å²) in [6.45, 7) is 8.53.